The molecular weight excluding hydrogens is 238 g/mol. The number of hydrazine groups is 1. The van der Waals surface area contributed by atoms with Crippen LogP contribution in [0.4, 0.5) is 16.3 Å². The number of carbonyl (C=O) groups is 1. The summed E-state index contributed by atoms with van der Waals surface area (Å²) in [6, 6.07) is 2.27. The lowest BCUT2D eigenvalue weighted by molar-refractivity contribution is -0.385. The number of nitro groups is 1. The minimum atomic E-state index is -0.545. The number of aromatic nitrogens is 1. The Labute approximate surface area is 104 Å². The van der Waals surface area contributed by atoms with Gasteiger partial charge in [0, 0.05) is 11.6 Å². The molecule has 0 fully saturated rings. The first-order valence-electron chi connectivity index (χ1n) is 5.22. The Balaban J connectivity index is 2.49. The van der Waals surface area contributed by atoms with Crippen LogP contribution in [0.3, 0.4) is 0 Å². The molecule has 0 aromatic carbocycles. The zero-order valence-electron chi connectivity index (χ0n) is 10.4. The molecule has 8 heteroatoms. The molecule has 0 aliphatic rings. The Hall–Kier alpha value is -2.38. The second-order valence-corrected chi connectivity index (χ2v) is 4.61. The van der Waals surface area contributed by atoms with Gasteiger partial charge in [-0.05, 0) is 26.8 Å². The number of pyridine rings is 1. The summed E-state index contributed by atoms with van der Waals surface area (Å²) in [5.41, 5.74) is 4.45. The maximum Gasteiger partial charge on any atom is 0.333 e. The van der Waals surface area contributed by atoms with Gasteiger partial charge >= 0.3 is 6.03 Å². The van der Waals surface area contributed by atoms with Gasteiger partial charge in [0.1, 0.15) is 12.0 Å². The minimum Gasteiger partial charge on any atom is -0.332 e. The SMILES string of the molecule is CC(C)(C)NC(=O)NNc1ccc([N+](=O)[O-])cn1. The van der Waals surface area contributed by atoms with Crippen molar-refractivity contribution in [1.82, 2.24) is 15.7 Å². The van der Waals surface area contributed by atoms with Crippen molar-refractivity contribution in [3.05, 3.63) is 28.4 Å². The van der Waals surface area contributed by atoms with E-state index in [1.165, 1.54) is 12.1 Å². The zero-order valence-corrected chi connectivity index (χ0v) is 10.4. The Morgan fingerprint density at radius 3 is 2.50 bits per heavy atom. The molecule has 0 aliphatic heterocycles. The third-order valence-electron chi connectivity index (χ3n) is 1.75. The van der Waals surface area contributed by atoms with Crippen LogP contribution in [0.5, 0.6) is 0 Å². The normalized spacial score (nSPS) is 10.6. The van der Waals surface area contributed by atoms with Crippen molar-refractivity contribution in [1.29, 1.82) is 0 Å². The summed E-state index contributed by atoms with van der Waals surface area (Å²) < 4.78 is 0. The summed E-state index contributed by atoms with van der Waals surface area (Å²) in [6.45, 7) is 5.53. The molecule has 0 bridgehead atoms. The number of hydrogen-bond acceptors (Lipinski definition) is 5. The van der Waals surface area contributed by atoms with Crippen molar-refractivity contribution in [3.8, 4) is 0 Å². The largest absolute Gasteiger partial charge is 0.333 e. The van der Waals surface area contributed by atoms with E-state index in [1.807, 2.05) is 20.8 Å². The molecule has 0 radical (unpaired) electrons. The van der Waals surface area contributed by atoms with E-state index in [1.54, 1.807) is 0 Å². The zero-order chi connectivity index (χ0) is 13.8. The van der Waals surface area contributed by atoms with Gasteiger partial charge in [-0.25, -0.2) is 9.78 Å². The molecule has 8 nitrogen and oxygen atoms in total. The molecule has 1 aromatic rings. The molecule has 1 rings (SSSR count). The van der Waals surface area contributed by atoms with Crippen molar-refractivity contribution >= 4 is 17.5 Å². The molecule has 98 valence electrons. The number of amides is 2. The third-order valence-corrected chi connectivity index (χ3v) is 1.75. The molecule has 0 saturated heterocycles. The first-order valence-corrected chi connectivity index (χ1v) is 5.22. The number of carbonyl (C=O) groups excluding carboxylic acids is 1. The van der Waals surface area contributed by atoms with Crippen LogP contribution in [-0.2, 0) is 0 Å². The highest BCUT2D eigenvalue weighted by Crippen LogP contribution is 2.10. The third kappa shape index (κ3) is 4.64. The standard InChI is InChI=1S/C10H15N5O3/c1-10(2,3)12-9(16)14-13-8-5-4-7(6-11-8)15(17)18/h4-6H,1-3H3,(H,11,13)(H2,12,14,16). The molecule has 0 spiro atoms. The topological polar surface area (TPSA) is 109 Å². The Kier molecular flexibility index (Phi) is 4.03. The molecule has 18 heavy (non-hydrogen) atoms. The van der Waals surface area contributed by atoms with Crippen molar-refractivity contribution in [2.75, 3.05) is 5.43 Å². The number of hydrogen-bond donors (Lipinski definition) is 3. The van der Waals surface area contributed by atoms with E-state index in [2.05, 4.69) is 21.2 Å². The lowest BCUT2D eigenvalue weighted by Crippen LogP contribution is -2.48. The average Bonchev–Trinajstić information content (AvgIpc) is 2.24. The average molecular weight is 253 g/mol. The summed E-state index contributed by atoms with van der Waals surface area (Å²) in [4.78, 5) is 25.0. The number of nitrogens with zero attached hydrogens (tertiary/aromatic N) is 2. The van der Waals surface area contributed by atoms with Crippen molar-refractivity contribution in [3.63, 3.8) is 0 Å². The Morgan fingerprint density at radius 1 is 1.39 bits per heavy atom. The lowest BCUT2D eigenvalue weighted by atomic mass is 10.1. The molecule has 0 saturated carbocycles. The molecule has 0 unspecified atom stereocenters. The fourth-order valence-electron chi connectivity index (χ4n) is 1.06. The molecule has 1 heterocycles. The summed E-state index contributed by atoms with van der Waals surface area (Å²) in [5, 5.41) is 13.1. The van der Waals surface area contributed by atoms with Crippen LogP contribution in [-0.4, -0.2) is 21.5 Å². The van der Waals surface area contributed by atoms with Gasteiger partial charge in [-0.3, -0.25) is 21.0 Å². The van der Waals surface area contributed by atoms with Gasteiger partial charge in [0.05, 0.1) is 4.92 Å². The van der Waals surface area contributed by atoms with Crippen molar-refractivity contribution < 1.29 is 9.72 Å². The van der Waals surface area contributed by atoms with Crippen LogP contribution in [0.15, 0.2) is 18.3 Å². The Bertz CT molecular complexity index is 438. The maximum absolute atomic E-state index is 11.4. The molecule has 3 N–H and O–H groups in total. The summed E-state index contributed by atoms with van der Waals surface area (Å²) in [5.74, 6) is 0.310. The van der Waals surface area contributed by atoms with Crippen molar-refractivity contribution in [2.24, 2.45) is 0 Å². The summed E-state index contributed by atoms with van der Waals surface area (Å²) in [7, 11) is 0. The predicted octanol–water partition coefficient (Wildman–Crippen LogP) is 1.41. The van der Waals surface area contributed by atoms with Gasteiger partial charge in [0.2, 0.25) is 0 Å². The predicted molar refractivity (Wildman–Crippen MR) is 65.9 cm³/mol. The van der Waals surface area contributed by atoms with Gasteiger partial charge in [-0.1, -0.05) is 0 Å². The second kappa shape index (κ2) is 5.30. The highest BCUT2D eigenvalue weighted by Gasteiger charge is 2.13. The number of urea groups is 1. The van der Waals surface area contributed by atoms with E-state index in [4.69, 9.17) is 0 Å². The molecule has 1 aromatic heterocycles. The molecule has 0 aliphatic carbocycles. The van der Waals surface area contributed by atoms with E-state index in [-0.39, 0.29) is 11.2 Å². The fourth-order valence-corrected chi connectivity index (χ4v) is 1.06. The van der Waals surface area contributed by atoms with E-state index < -0.39 is 11.0 Å². The molecule has 0 atom stereocenters. The smallest absolute Gasteiger partial charge is 0.332 e. The molecule has 2 amide bonds. The summed E-state index contributed by atoms with van der Waals surface area (Å²) in [6.07, 6.45) is 1.10. The van der Waals surface area contributed by atoms with Crippen LogP contribution < -0.4 is 16.2 Å². The fraction of sp³-hybridized carbons (Fsp3) is 0.400. The lowest BCUT2D eigenvalue weighted by Gasteiger charge is -2.20. The monoisotopic (exact) mass is 253 g/mol. The minimum absolute atomic E-state index is 0.111. The highest BCUT2D eigenvalue weighted by molar-refractivity contribution is 5.75. The number of anilines is 1. The van der Waals surface area contributed by atoms with Gasteiger partial charge in [-0.2, -0.15) is 0 Å². The first kappa shape index (κ1) is 13.7. The van der Waals surface area contributed by atoms with Crippen LogP contribution in [0.2, 0.25) is 0 Å². The van der Waals surface area contributed by atoms with Gasteiger partial charge in [0.25, 0.3) is 5.69 Å². The van der Waals surface area contributed by atoms with Crippen LogP contribution in [0.25, 0.3) is 0 Å². The second-order valence-electron chi connectivity index (χ2n) is 4.61. The van der Waals surface area contributed by atoms with Crippen LogP contribution in [0.1, 0.15) is 20.8 Å². The van der Waals surface area contributed by atoms with Crippen LogP contribution >= 0.6 is 0 Å². The maximum atomic E-state index is 11.4. The van der Waals surface area contributed by atoms with E-state index in [0.717, 1.165) is 6.20 Å². The van der Waals surface area contributed by atoms with Gasteiger partial charge in [-0.15, -0.1) is 0 Å². The summed E-state index contributed by atoms with van der Waals surface area (Å²) >= 11 is 0. The molecular formula is C10H15N5O3. The van der Waals surface area contributed by atoms with Gasteiger partial charge in [0.15, 0.2) is 0 Å². The first-order chi connectivity index (χ1) is 8.28. The van der Waals surface area contributed by atoms with Gasteiger partial charge < -0.3 is 5.32 Å². The van der Waals surface area contributed by atoms with Crippen LogP contribution in [0, 0.1) is 10.1 Å². The van der Waals surface area contributed by atoms with E-state index in [9.17, 15) is 14.9 Å². The number of rotatable bonds is 3. The Morgan fingerprint density at radius 2 is 2.06 bits per heavy atom. The van der Waals surface area contributed by atoms with E-state index in [0.29, 0.717) is 5.82 Å². The van der Waals surface area contributed by atoms with Crippen molar-refractivity contribution in [2.45, 2.75) is 26.3 Å². The quantitative estimate of drug-likeness (QED) is 0.557. The number of nitrogens with one attached hydrogen (secondary N) is 3. The highest BCUT2D eigenvalue weighted by atomic mass is 16.6. The van der Waals surface area contributed by atoms with E-state index >= 15 is 0 Å².